The molecule has 10 nitrogen and oxygen atoms in total. The van der Waals surface area contributed by atoms with Gasteiger partial charge in [-0.25, -0.2) is 9.59 Å². The molecule has 0 bridgehead atoms. The zero-order valence-electron chi connectivity index (χ0n) is 11.7. The number of esters is 3. The molecule has 2 N–H and O–H groups in total. The monoisotopic (exact) mass is 308 g/mol. The first kappa shape index (κ1) is 20.7. The average molecular weight is 308 g/mol. The van der Waals surface area contributed by atoms with Gasteiger partial charge in [0.15, 0.2) is 6.10 Å². The summed E-state index contributed by atoms with van der Waals surface area (Å²) in [6.45, 7) is 3.44. The van der Waals surface area contributed by atoms with Gasteiger partial charge < -0.3 is 24.4 Å². The first-order valence-electron chi connectivity index (χ1n) is 5.46. The molecule has 0 saturated heterocycles. The van der Waals surface area contributed by atoms with Crippen LogP contribution in [0.3, 0.4) is 0 Å². The van der Waals surface area contributed by atoms with Crippen molar-refractivity contribution in [2.75, 3.05) is 13.2 Å². The summed E-state index contributed by atoms with van der Waals surface area (Å²) < 4.78 is 14.0. The molecule has 0 rings (SSSR count). The van der Waals surface area contributed by atoms with Crippen LogP contribution in [0.5, 0.6) is 0 Å². The molecule has 0 aromatic rings. The molecule has 0 unspecified atom stereocenters. The van der Waals surface area contributed by atoms with Gasteiger partial charge >= 0.3 is 29.8 Å². The van der Waals surface area contributed by atoms with E-state index in [0.29, 0.717) is 0 Å². The normalized spacial score (nSPS) is 8.95. The van der Waals surface area contributed by atoms with Crippen LogP contribution in [0.4, 0.5) is 0 Å². The van der Waals surface area contributed by atoms with E-state index in [0.717, 1.165) is 0 Å². The average Bonchev–Trinajstić information content (AvgIpc) is 2.32. The summed E-state index contributed by atoms with van der Waals surface area (Å²) in [7, 11) is 0. The predicted octanol–water partition coefficient (Wildman–Crippen LogP) is -0.800. The highest BCUT2D eigenvalue weighted by Crippen LogP contribution is 1.97. The molecule has 0 radical (unpaired) electrons. The van der Waals surface area contributed by atoms with Crippen molar-refractivity contribution in [1.29, 1.82) is 0 Å². The summed E-state index contributed by atoms with van der Waals surface area (Å²) in [5.74, 6) is -5.16. The summed E-state index contributed by atoms with van der Waals surface area (Å²) in [6.07, 6.45) is -0.754. The van der Waals surface area contributed by atoms with Crippen LogP contribution in [0, 0.1) is 0 Å². The molecule has 0 spiro atoms. The lowest BCUT2D eigenvalue weighted by atomic mass is 10.4. The fraction of sp³-hybridized carbons (Fsp3) is 0.545. The summed E-state index contributed by atoms with van der Waals surface area (Å²) in [6, 6.07) is 0. The predicted molar refractivity (Wildman–Crippen MR) is 64.1 cm³/mol. The van der Waals surface area contributed by atoms with Gasteiger partial charge in [0.2, 0.25) is 0 Å². The van der Waals surface area contributed by atoms with E-state index < -0.39 is 36.0 Å². The van der Waals surface area contributed by atoms with Crippen LogP contribution in [0.2, 0.25) is 0 Å². The van der Waals surface area contributed by atoms with Gasteiger partial charge in [0.05, 0.1) is 0 Å². The van der Waals surface area contributed by atoms with E-state index in [1.54, 1.807) is 0 Å². The van der Waals surface area contributed by atoms with Crippen LogP contribution in [-0.2, 0) is 38.2 Å². The molecule has 0 fully saturated rings. The second-order valence-electron chi connectivity index (χ2n) is 3.45. The van der Waals surface area contributed by atoms with Crippen molar-refractivity contribution in [3.63, 3.8) is 0 Å². The SMILES string of the molecule is CC(=O)OCC(COC(C)=O)OC(C)=O.O=C(O)C(=O)O. The van der Waals surface area contributed by atoms with Gasteiger partial charge in [0.1, 0.15) is 13.2 Å². The Morgan fingerprint density at radius 3 is 1.29 bits per heavy atom. The van der Waals surface area contributed by atoms with E-state index in [2.05, 4.69) is 9.47 Å². The van der Waals surface area contributed by atoms with Gasteiger partial charge in [0.25, 0.3) is 0 Å². The van der Waals surface area contributed by atoms with Crippen molar-refractivity contribution in [3.05, 3.63) is 0 Å². The lowest BCUT2D eigenvalue weighted by Gasteiger charge is -2.15. The third kappa shape index (κ3) is 17.4. The molecule has 120 valence electrons. The van der Waals surface area contributed by atoms with Crippen LogP contribution < -0.4 is 0 Å². The molecular formula is C11H16O10. The highest BCUT2D eigenvalue weighted by atomic mass is 16.6. The molecule has 0 aromatic carbocycles. The van der Waals surface area contributed by atoms with Crippen molar-refractivity contribution < 1.29 is 48.4 Å². The van der Waals surface area contributed by atoms with Crippen molar-refractivity contribution >= 4 is 29.8 Å². The second kappa shape index (κ2) is 11.2. The van der Waals surface area contributed by atoms with Gasteiger partial charge in [-0.05, 0) is 0 Å². The molecule has 10 heteroatoms. The van der Waals surface area contributed by atoms with Crippen LogP contribution in [-0.4, -0.2) is 59.4 Å². The topological polar surface area (TPSA) is 154 Å². The maximum Gasteiger partial charge on any atom is 0.414 e. The number of ether oxygens (including phenoxy) is 3. The number of rotatable bonds is 5. The largest absolute Gasteiger partial charge is 0.473 e. The Labute approximate surface area is 119 Å². The third-order valence-electron chi connectivity index (χ3n) is 1.46. The highest BCUT2D eigenvalue weighted by Gasteiger charge is 2.15. The fourth-order valence-corrected chi connectivity index (χ4v) is 0.771. The zero-order valence-corrected chi connectivity index (χ0v) is 11.7. The van der Waals surface area contributed by atoms with Crippen LogP contribution in [0.1, 0.15) is 20.8 Å². The lowest BCUT2D eigenvalue weighted by molar-refractivity contribution is -0.163. The summed E-state index contributed by atoms with van der Waals surface area (Å²) in [4.78, 5) is 49.8. The van der Waals surface area contributed by atoms with E-state index in [9.17, 15) is 14.4 Å². The molecule has 0 aliphatic rings. The Balaban J connectivity index is 0. The Morgan fingerprint density at radius 1 is 0.762 bits per heavy atom. The van der Waals surface area contributed by atoms with Crippen molar-refractivity contribution in [3.8, 4) is 0 Å². The zero-order chi connectivity index (χ0) is 17.0. The van der Waals surface area contributed by atoms with Crippen LogP contribution in [0.25, 0.3) is 0 Å². The van der Waals surface area contributed by atoms with Crippen LogP contribution >= 0.6 is 0 Å². The summed E-state index contributed by atoms with van der Waals surface area (Å²) in [5.41, 5.74) is 0. The quantitative estimate of drug-likeness (QED) is 0.374. The van der Waals surface area contributed by atoms with Crippen molar-refractivity contribution in [1.82, 2.24) is 0 Å². The molecule has 0 amide bonds. The van der Waals surface area contributed by atoms with E-state index in [4.69, 9.17) is 24.5 Å². The Morgan fingerprint density at radius 2 is 1.10 bits per heavy atom. The summed E-state index contributed by atoms with van der Waals surface area (Å²) in [5, 5.41) is 14.8. The molecule has 0 aliphatic heterocycles. The molecule has 0 aliphatic carbocycles. The number of hydrogen-bond donors (Lipinski definition) is 2. The minimum absolute atomic E-state index is 0.123. The number of aliphatic carboxylic acids is 2. The third-order valence-corrected chi connectivity index (χ3v) is 1.46. The van der Waals surface area contributed by atoms with E-state index in [1.807, 2.05) is 0 Å². The van der Waals surface area contributed by atoms with Crippen LogP contribution in [0.15, 0.2) is 0 Å². The molecule has 0 heterocycles. The number of carboxylic acid groups (broad SMARTS) is 2. The number of carboxylic acids is 2. The number of carbonyl (C=O) groups is 5. The van der Waals surface area contributed by atoms with Crippen molar-refractivity contribution in [2.24, 2.45) is 0 Å². The van der Waals surface area contributed by atoms with E-state index in [-0.39, 0.29) is 13.2 Å². The first-order valence-corrected chi connectivity index (χ1v) is 5.46. The maximum absolute atomic E-state index is 10.6. The van der Waals surface area contributed by atoms with Gasteiger partial charge in [-0.15, -0.1) is 0 Å². The molecule has 0 atom stereocenters. The molecular weight excluding hydrogens is 292 g/mol. The second-order valence-corrected chi connectivity index (χ2v) is 3.45. The highest BCUT2D eigenvalue weighted by molar-refractivity contribution is 6.27. The van der Waals surface area contributed by atoms with Gasteiger partial charge in [-0.2, -0.15) is 0 Å². The van der Waals surface area contributed by atoms with Gasteiger partial charge in [-0.3, -0.25) is 14.4 Å². The van der Waals surface area contributed by atoms with Gasteiger partial charge in [0, 0.05) is 20.8 Å². The number of carbonyl (C=O) groups excluding carboxylic acids is 3. The molecule has 0 aromatic heterocycles. The van der Waals surface area contributed by atoms with E-state index >= 15 is 0 Å². The van der Waals surface area contributed by atoms with Gasteiger partial charge in [-0.1, -0.05) is 0 Å². The minimum Gasteiger partial charge on any atom is -0.473 e. The minimum atomic E-state index is -1.82. The smallest absolute Gasteiger partial charge is 0.414 e. The first-order chi connectivity index (χ1) is 9.56. The van der Waals surface area contributed by atoms with E-state index in [1.165, 1.54) is 20.8 Å². The molecule has 21 heavy (non-hydrogen) atoms. The Bertz CT molecular complexity index is 370. The number of hydrogen-bond acceptors (Lipinski definition) is 8. The molecule has 0 saturated carbocycles. The summed E-state index contributed by atoms with van der Waals surface area (Å²) >= 11 is 0. The maximum atomic E-state index is 10.6. The Hall–Kier alpha value is -2.65. The Kier molecular flexibility index (Phi) is 11.0. The van der Waals surface area contributed by atoms with Crippen molar-refractivity contribution in [2.45, 2.75) is 26.9 Å². The standard InChI is InChI=1S/C9H14O6.C2H2O4/c1-6(10)13-4-9(15-8(3)12)5-14-7(2)11;3-1(4)2(5)6/h9H,4-5H2,1-3H3;(H,3,4)(H,5,6). The fourth-order valence-electron chi connectivity index (χ4n) is 0.771. The lowest BCUT2D eigenvalue weighted by Crippen LogP contribution is -2.29.